The van der Waals surface area contributed by atoms with E-state index in [0.717, 1.165) is 6.07 Å². The summed E-state index contributed by atoms with van der Waals surface area (Å²) in [6.07, 6.45) is -12.4. The molecule has 46 heavy (non-hydrogen) atoms. The summed E-state index contributed by atoms with van der Waals surface area (Å²) in [6.45, 7) is 22.3. The van der Waals surface area contributed by atoms with Crippen LogP contribution in [0.2, 0.25) is 0 Å². The van der Waals surface area contributed by atoms with Gasteiger partial charge in [0, 0.05) is 6.42 Å². The minimum Gasteiger partial charge on any atom is -0.238 e. The fourth-order valence-electron chi connectivity index (χ4n) is 6.05. The van der Waals surface area contributed by atoms with Crippen LogP contribution in [0.25, 0.3) is 25.7 Å². The first-order valence-electron chi connectivity index (χ1n) is 13.0. The van der Waals surface area contributed by atoms with Crippen LogP contribution in [0.4, 0.5) is 32.0 Å². The lowest BCUT2D eigenvalue weighted by atomic mass is 9.90. The molecule has 0 radical (unpaired) electrons. The van der Waals surface area contributed by atoms with Crippen LogP contribution in [0, 0.1) is 53.7 Å². The van der Waals surface area contributed by atoms with Crippen LogP contribution < -0.4 is 10.4 Å². The number of hydrogen-bond acceptors (Lipinski definition) is 3. The number of alkyl halides is 6. The molecule has 0 spiro atoms. The first kappa shape index (κ1) is 30.8. The van der Waals surface area contributed by atoms with Gasteiger partial charge in [-0.1, -0.05) is 30.3 Å². The number of allylic oxidation sites excluding steroid dienone is 3. The van der Waals surface area contributed by atoms with Crippen molar-refractivity contribution >= 4 is 16.8 Å². The van der Waals surface area contributed by atoms with Crippen molar-refractivity contribution in [3.8, 4) is 18.2 Å². The number of hydrogen-bond donors (Lipinski definition) is 0. The maximum atomic E-state index is 15.3. The largest absolute Gasteiger partial charge is 0.523 e. The van der Waals surface area contributed by atoms with E-state index in [0.29, 0.717) is 0 Å². The summed E-state index contributed by atoms with van der Waals surface area (Å²) in [7, 11) is 0. The second-order valence-electron chi connectivity index (χ2n) is 10.0. The topological polar surface area (TPSA) is 84.5 Å². The molecule has 0 atom stereocenters. The van der Waals surface area contributed by atoms with Crippen molar-refractivity contribution in [3.63, 3.8) is 0 Å². The molecule has 12 heteroatoms. The van der Waals surface area contributed by atoms with E-state index in [9.17, 15) is 15.8 Å². The molecule has 0 unspecified atom stereocenters. The molecule has 0 aromatic heterocycles. The number of benzene rings is 3. The van der Waals surface area contributed by atoms with Crippen LogP contribution in [0.5, 0.6) is 0 Å². The van der Waals surface area contributed by atoms with E-state index >= 15 is 26.3 Å². The zero-order valence-corrected chi connectivity index (χ0v) is 23.0. The summed E-state index contributed by atoms with van der Waals surface area (Å²) in [5, 5.41) is 27.1. The van der Waals surface area contributed by atoms with Crippen LogP contribution in [0.15, 0.2) is 71.1 Å². The molecule has 6 nitrogen and oxygen atoms in total. The zero-order chi connectivity index (χ0) is 33.6. The van der Waals surface area contributed by atoms with E-state index in [-0.39, 0.29) is 33.5 Å². The third-order valence-corrected chi connectivity index (χ3v) is 7.64. The highest BCUT2D eigenvalue weighted by molar-refractivity contribution is 5.91. The number of fused-ring (bicyclic) bond motifs is 2. The maximum absolute atomic E-state index is 15.3. The lowest BCUT2D eigenvalue weighted by molar-refractivity contribution is -0.143. The monoisotopic (exact) mass is 618 g/mol. The Kier molecular flexibility index (Phi) is 7.48. The van der Waals surface area contributed by atoms with Crippen LogP contribution >= 0.6 is 0 Å². The molecule has 0 aliphatic heterocycles. The van der Waals surface area contributed by atoms with Crippen LogP contribution in [0.1, 0.15) is 38.9 Å². The Hall–Kier alpha value is -6.60. The van der Waals surface area contributed by atoms with Crippen LogP contribution in [-0.4, -0.2) is 0 Å². The van der Waals surface area contributed by atoms with E-state index in [1.165, 1.54) is 42.5 Å². The highest BCUT2D eigenvalue weighted by Gasteiger charge is 2.48. The fourth-order valence-corrected chi connectivity index (χ4v) is 6.05. The van der Waals surface area contributed by atoms with Gasteiger partial charge in [0.1, 0.15) is 30.9 Å². The van der Waals surface area contributed by atoms with Crippen molar-refractivity contribution in [3.05, 3.63) is 155 Å². The van der Waals surface area contributed by atoms with Crippen molar-refractivity contribution in [2.45, 2.75) is 25.2 Å². The van der Waals surface area contributed by atoms with Gasteiger partial charge in [-0.2, -0.15) is 51.8 Å². The molecule has 3 aromatic rings. The lowest BCUT2D eigenvalue weighted by Gasteiger charge is -2.19. The zero-order valence-electron chi connectivity index (χ0n) is 23.0. The van der Waals surface area contributed by atoms with Crippen LogP contribution in [-0.2, 0) is 25.2 Å². The SMILES string of the molecule is [C-]#[N+]C([N+]#[C-])=C1Cc2c(C(F)(F)F)c3c(c(C(F)(F)F)c2=C1c1cccc([N+]#[C-])c1)CC(=C(C#N)C#N)C=3c1cccc(C#N)c1. The average Bonchev–Trinajstić information content (AvgIpc) is 3.58. The van der Waals surface area contributed by atoms with Gasteiger partial charge in [-0.25, -0.2) is 4.85 Å². The first-order chi connectivity index (χ1) is 21.8. The maximum Gasteiger partial charge on any atom is 0.523 e. The molecule has 0 N–H and O–H groups in total. The molecule has 2 aliphatic carbocycles. The Balaban J connectivity index is 2.21. The minimum atomic E-state index is -5.30. The molecule has 0 saturated heterocycles. The van der Waals surface area contributed by atoms with Gasteiger partial charge in [-0.15, -0.1) is 0 Å². The van der Waals surface area contributed by atoms with Crippen molar-refractivity contribution < 1.29 is 26.3 Å². The Morgan fingerprint density at radius 3 is 1.67 bits per heavy atom. The second-order valence-corrected chi connectivity index (χ2v) is 10.0. The number of nitrogens with zero attached hydrogens (tertiary/aromatic N) is 6. The van der Waals surface area contributed by atoms with Crippen molar-refractivity contribution in [2.24, 2.45) is 0 Å². The summed E-state index contributed by atoms with van der Waals surface area (Å²) in [5.74, 6) is -0.733. The predicted molar refractivity (Wildman–Crippen MR) is 150 cm³/mol. The first-order valence-corrected chi connectivity index (χ1v) is 13.0. The van der Waals surface area contributed by atoms with E-state index in [4.69, 9.17) is 19.7 Å². The number of rotatable bonds is 2. The summed E-state index contributed by atoms with van der Waals surface area (Å²) in [5.41, 5.74) is -7.23. The van der Waals surface area contributed by atoms with Gasteiger partial charge in [0.2, 0.25) is 0 Å². The molecule has 0 amide bonds. The van der Waals surface area contributed by atoms with Crippen molar-refractivity contribution in [1.29, 1.82) is 15.8 Å². The molecule has 0 saturated carbocycles. The van der Waals surface area contributed by atoms with E-state index in [2.05, 4.69) is 14.5 Å². The molecular formula is C34H12F6N6. The van der Waals surface area contributed by atoms with Gasteiger partial charge >= 0.3 is 18.2 Å². The summed E-state index contributed by atoms with van der Waals surface area (Å²) >= 11 is 0. The molecule has 0 bridgehead atoms. The Bertz CT molecular complexity index is 2150. The number of halogens is 6. The third kappa shape index (κ3) is 4.82. The van der Waals surface area contributed by atoms with E-state index in [1.54, 1.807) is 12.1 Å². The lowest BCUT2D eigenvalue weighted by Crippen LogP contribution is -2.36. The summed E-state index contributed by atoms with van der Waals surface area (Å²) in [4.78, 5) is 9.48. The molecule has 0 heterocycles. The standard InChI is InChI=1S/C34H12F6N6/c1-44-21-9-5-8-19(11-21)27-25(32(45-2)46-3)13-24-29(27)30(33(35,36)37)23-12-22(20(15-42)16-43)26(28(23)31(24)34(38,39)40)18-7-4-6-17(10-18)14-41/h4-11H,12-13H2. The fraction of sp³-hybridized carbons (Fsp3) is 0.118. The van der Waals surface area contributed by atoms with Gasteiger partial charge in [0.05, 0.1) is 34.9 Å². The Morgan fingerprint density at radius 2 is 1.20 bits per heavy atom. The van der Waals surface area contributed by atoms with Crippen molar-refractivity contribution in [1.82, 2.24) is 0 Å². The third-order valence-electron chi connectivity index (χ3n) is 7.64. The van der Waals surface area contributed by atoms with Gasteiger partial charge in [0.25, 0.3) is 0 Å². The van der Waals surface area contributed by atoms with Crippen molar-refractivity contribution in [2.75, 3.05) is 0 Å². The van der Waals surface area contributed by atoms with Gasteiger partial charge < -0.3 is 0 Å². The predicted octanol–water partition coefficient (Wildman–Crippen LogP) is 7.05. The molecule has 5 rings (SSSR count). The highest BCUT2D eigenvalue weighted by atomic mass is 19.4. The number of nitriles is 3. The summed E-state index contributed by atoms with van der Waals surface area (Å²) < 4.78 is 91.9. The molecular weight excluding hydrogens is 606 g/mol. The van der Waals surface area contributed by atoms with Gasteiger partial charge in [-0.05, 0) is 74.0 Å². The van der Waals surface area contributed by atoms with Crippen LogP contribution in [0.3, 0.4) is 0 Å². The minimum absolute atomic E-state index is 0.0293. The Morgan fingerprint density at radius 1 is 0.696 bits per heavy atom. The van der Waals surface area contributed by atoms with Gasteiger partial charge in [0.15, 0.2) is 5.69 Å². The smallest absolute Gasteiger partial charge is 0.238 e. The normalized spacial score (nSPS) is 13.4. The average molecular weight is 619 g/mol. The molecule has 220 valence electrons. The quantitative estimate of drug-likeness (QED) is 0.175. The molecule has 0 fully saturated rings. The van der Waals surface area contributed by atoms with Gasteiger partial charge in [-0.3, -0.25) is 0 Å². The van der Waals surface area contributed by atoms with E-state index < -0.39 is 80.4 Å². The Labute approximate surface area is 257 Å². The second kappa shape index (κ2) is 11.2. The molecule has 3 aromatic carbocycles. The summed E-state index contributed by atoms with van der Waals surface area (Å²) in [6, 6.07) is 15.2. The highest BCUT2D eigenvalue weighted by Crippen LogP contribution is 2.45. The van der Waals surface area contributed by atoms with E-state index in [1.807, 2.05) is 6.07 Å². The molecule has 2 aliphatic rings.